The third kappa shape index (κ3) is 30.3. The summed E-state index contributed by atoms with van der Waals surface area (Å²) in [5.74, 6) is -25.1. The third-order valence-electron chi connectivity index (χ3n) is 15.6. The number of hydrogen-bond acceptors (Lipinski definition) is 32. The number of benzene rings is 4. The van der Waals surface area contributed by atoms with Crippen LogP contribution in [0, 0.1) is 23.7 Å². The standard InChI is InChI=1S/C28H26O14S.C28H26O12.C24H30O12/c1-15(2)25(33)39-9-11-41-27(35)19-7-5-17(13-21(19)23(29)30)43(37,38)18-6-8-20(22(14-18)24(31)32)28(36)42-12-10-40-26(34)16(3)4;1-15(2)25(33)37-9-11-39-27(35)19-7-5-17(13-21(19)23(29)30)18-6-8-20(22(14-18)24(31)32)28(36)40-12-10-38-26(34)16(3)4;1-12(2)21(29)33-6-8-35-23(31)16-11-15(10-14(5)17(16)19(25)26)18(20(27)28)24(32)36-9-7-34-22(30)13(3)4/h5-8,13-14H,1,3,9-12H2,2,4H3,(H,29,30)(H,31,32);5-8,13-14H,1,3,9-12H2,2,4H3,(H,29,30)(H,31,32);10,15-18H,1,3,6-9,11H2,2,4-5H3,(H,25,26)(H,27,28). The van der Waals surface area contributed by atoms with Crippen LogP contribution in [0.15, 0.2) is 167 Å². The van der Waals surface area contributed by atoms with Crippen LogP contribution in [0.2, 0.25) is 0 Å². The van der Waals surface area contributed by atoms with E-state index in [0.717, 1.165) is 36.4 Å². The van der Waals surface area contributed by atoms with Crippen molar-refractivity contribution in [1.82, 2.24) is 0 Å². The van der Waals surface area contributed by atoms with Gasteiger partial charge >= 0.3 is 107 Å². The summed E-state index contributed by atoms with van der Waals surface area (Å²) in [7, 11) is -4.58. The minimum atomic E-state index is -4.58. The Kier molecular flexibility index (Phi) is 38.7. The molecule has 6 N–H and O–H groups in total. The first-order valence-corrected chi connectivity index (χ1v) is 36.0. The van der Waals surface area contributed by atoms with E-state index < -0.39 is 204 Å². The van der Waals surface area contributed by atoms with E-state index in [0.29, 0.717) is 12.1 Å². The van der Waals surface area contributed by atoms with Gasteiger partial charge in [0.25, 0.3) is 0 Å². The molecule has 0 saturated carbocycles. The van der Waals surface area contributed by atoms with Crippen LogP contribution in [0.4, 0.5) is 0 Å². The Morgan fingerprint density at radius 1 is 0.353 bits per heavy atom. The second kappa shape index (κ2) is 46.7. The predicted octanol–water partition coefficient (Wildman–Crippen LogP) is 7.07. The second-order valence-electron chi connectivity index (χ2n) is 25.1. The number of esters is 12. The normalized spacial score (nSPS) is 13.2. The van der Waals surface area contributed by atoms with Crippen molar-refractivity contribution in [1.29, 1.82) is 0 Å². The molecule has 0 aliphatic heterocycles. The van der Waals surface area contributed by atoms with E-state index in [2.05, 4.69) is 39.5 Å². The summed E-state index contributed by atoms with van der Waals surface area (Å²) >= 11 is 0. The number of carboxylic acids is 6. The lowest BCUT2D eigenvalue weighted by molar-refractivity contribution is -0.166. The van der Waals surface area contributed by atoms with E-state index in [-0.39, 0.29) is 127 Å². The van der Waals surface area contributed by atoms with E-state index in [9.17, 15) is 125 Å². The fourth-order valence-corrected chi connectivity index (χ4v) is 11.1. The number of carbonyl (C=O) groups excluding carboxylic acids is 12. The van der Waals surface area contributed by atoms with Gasteiger partial charge in [-0.05, 0) is 127 Å². The molecule has 4 aromatic carbocycles. The summed E-state index contributed by atoms with van der Waals surface area (Å²) in [5, 5.41) is 57.8. The van der Waals surface area contributed by atoms with Gasteiger partial charge in [-0.25, -0.2) is 75.5 Å². The first-order valence-electron chi connectivity index (χ1n) is 34.5. The highest BCUT2D eigenvalue weighted by Crippen LogP contribution is 2.39. The molecule has 4 unspecified atom stereocenters. The fourth-order valence-electron chi connectivity index (χ4n) is 9.81. The highest BCUT2D eigenvalue weighted by molar-refractivity contribution is 7.91. The molecule has 4 aromatic rings. The van der Waals surface area contributed by atoms with E-state index in [1.807, 2.05) is 0 Å². The largest absolute Gasteiger partial charge is 0.481 e. The van der Waals surface area contributed by atoms with Crippen LogP contribution in [-0.2, 0) is 115 Å². The first-order chi connectivity index (χ1) is 55.7. The van der Waals surface area contributed by atoms with Crippen LogP contribution >= 0.6 is 0 Å². The SMILES string of the molecule is C=C(C)C(=O)OCCOC(=O)C1CC(C(C(=O)O)C(=O)OCCOC(=O)C(=C)C)C=C(C)C1C(=O)O.C=C(C)C(=O)OCCOC(=O)c1ccc(-c2ccc(C(=O)OCCOC(=O)C(=C)C)c(C(=O)O)c2)cc1C(=O)O.C=C(C)C(=O)OCCOC(=O)c1ccc(S(=O)(=O)c2ccc(C(=O)OCCOC(=O)C(=C)C)c(C(=O)O)c2)cc1C(=O)O. The van der Waals surface area contributed by atoms with Crippen LogP contribution in [0.25, 0.3) is 11.1 Å². The Morgan fingerprint density at radius 2 is 0.605 bits per heavy atom. The Hall–Kier alpha value is -14.5. The van der Waals surface area contributed by atoms with Crippen molar-refractivity contribution in [3.8, 4) is 11.1 Å². The number of carbonyl (C=O) groups is 18. The van der Waals surface area contributed by atoms with Gasteiger partial charge in [0.05, 0.1) is 66.1 Å². The lowest BCUT2D eigenvalue weighted by atomic mass is 9.71. The van der Waals surface area contributed by atoms with Gasteiger partial charge in [-0.3, -0.25) is 19.2 Å². The molecule has 0 radical (unpaired) electrons. The van der Waals surface area contributed by atoms with E-state index in [1.165, 1.54) is 78.8 Å². The summed E-state index contributed by atoms with van der Waals surface area (Å²) in [6, 6.07) is 12.4. The van der Waals surface area contributed by atoms with Crippen LogP contribution in [0.3, 0.4) is 0 Å². The molecule has 1 aliphatic carbocycles. The van der Waals surface area contributed by atoms with Crippen molar-refractivity contribution < 1.29 is 182 Å². The zero-order valence-electron chi connectivity index (χ0n) is 64.9. The number of sulfone groups is 1. The molecular weight excluding hydrogens is 1600 g/mol. The molecule has 0 saturated heterocycles. The molecular formula is C80H82O38S. The summed E-state index contributed by atoms with van der Waals surface area (Å²) in [6.45, 7) is 26.3. The van der Waals surface area contributed by atoms with Gasteiger partial charge in [0.15, 0.2) is 5.92 Å². The summed E-state index contributed by atoms with van der Waals surface area (Å²) in [4.78, 5) is 213. The molecule has 0 fully saturated rings. The average Bonchev–Trinajstić information content (AvgIpc) is 0.774. The molecule has 0 heterocycles. The van der Waals surface area contributed by atoms with Gasteiger partial charge in [0.1, 0.15) is 79.3 Å². The van der Waals surface area contributed by atoms with Crippen molar-refractivity contribution in [2.24, 2.45) is 23.7 Å². The van der Waals surface area contributed by atoms with Gasteiger partial charge in [0.2, 0.25) is 9.84 Å². The van der Waals surface area contributed by atoms with Crippen LogP contribution in [-0.4, -0.2) is 226 Å². The molecule has 1 aliphatic rings. The molecule has 636 valence electrons. The van der Waals surface area contributed by atoms with Gasteiger partial charge in [-0.15, -0.1) is 0 Å². The van der Waals surface area contributed by atoms with Gasteiger partial charge in [-0.2, -0.15) is 0 Å². The van der Waals surface area contributed by atoms with Gasteiger partial charge in [0, 0.05) is 39.4 Å². The molecule has 5 rings (SSSR count). The third-order valence-corrected chi connectivity index (χ3v) is 17.3. The zero-order chi connectivity index (χ0) is 90.0. The van der Waals surface area contributed by atoms with E-state index >= 15 is 0 Å². The van der Waals surface area contributed by atoms with Crippen molar-refractivity contribution in [3.05, 3.63) is 202 Å². The smallest absolute Gasteiger partial charge is 0.339 e. The number of aliphatic carboxylic acids is 2. The molecule has 0 amide bonds. The minimum absolute atomic E-state index is 0.111. The second-order valence-corrected chi connectivity index (χ2v) is 27.0. The molecule has 0 bridgehead atoms. The number of aromatic carboxylic acids is 4. The Balaban J connectivity index is 0.000000463. The summed E-state index contributed by atoms with van der Waals surface area (Å²) < 4.78 is 85.1. The van der Waals surface area contributed by atoms with Gasteiger partial charge in [-0.1, -0.05) is 63.3 Å². The lowest BCUT2D eigenvalue weighted by Crippen LogP contribution is -2.41. The maximum absolute atomic E-state index is 13.3. The number of carboxylic acid groups (broad SMARTS) is 6. The van der Waals surface area contributed by atoms with Crippen molar-refractivity contribution in [2.45, 2.75) is 64.7 Å². The van der Waals surface area contributed by atoms with E-state index in [1.54, 1.807) is 0 Å². The maximum atomic E-state index is 13.3. The topological polar surface area (TPSA) is 574 Å². The lowest BCUT2D eigenvalue weighted by Gasteiger charge is -2.33. The van der Waals surface area contributed by atoms with Crippen molar-refractivity contribution in [2.75, 3.05) is 79.3 Å². The van der Waals surface area contributed by atoms with E-state index in [4.69, 9.17) is 56.8 Å². The van der Waals surface area contributed by atoms with Crippen molar-refractivity contribution >= 4 is 117 Å². The monoisotopic (exact) mass is 1680 g/mol. The predicted molar refractivity (Wildman–Crippen MR) is 403 cm³/mol. The van der Waals surface area contributed by atoms with Crippen LogP contribution in [0.5, 0.6) is 0 Å². The fraction of sp³-hybridized carbons (Fsp3) is 0.300. The molecule has 39 heteroatoms. The molecule has 0 aromatic heterocycles. The Labute approximate surface area is 677 Å². The number of ether oxygens (including phenoxy) is 12. The summed E-state index contributed by atoms with van der Waals surface area (Å²) in [5.41, 5.74) is -2.45. The summed E-state index contributed by atoms with van der Waals surface area (Å²) in [6.07, 6.45) is 0.994. The van der Waals surface area contributed by atoms with Crippen molar-refractivity contribution in [3.63, 3.8) is 0 Å². The molecule has 4 atom stereocenters. The quantitative estimate of drug-likeness (QED) is 0.00647. The molecule has 38 nitrogen and oxygen atoms in total. The number of allylic oxidation sites excluding steroid dienone is 1. The molecule has 0 spiro atoms. The number of hydrogen-bond donors (Lipinski definition) is 6. The Morgan fingerprint density at radius 3 is 0.866 bits per heavy atom. The van der Waals surface area contributed by atoms with Crippen LogP contribution in [0.1, 0.15) is 138 Å². The minimum Gasteiger partial charge on any atom is -0.481 e. The first kappa shape index (κ1) is 98.7. The van der Waals surface area contributed by atoms with Gasteiger partial charge < -0.3 is 87.5 Å². The zero-order valence-corrected chi connectivity index (χ0v) is 65.7. The number of rotatable bonds is 40. The maximum Gasteiger partial charge on any atom is 0.339 e. The molecule has 119 heavy (non-hydrogen) atoms. The Bertz CT molecular complexity index is 4690. The van der Waals surface area contributed by atoms with Crippen LogP contribution < -0.4 is 0 Å². The highest BCUT2D eigenvalue weighted by atomic mass is 32.2. The average molecular weight is 1680 g/mol. The highest BCUT2D eigenvalue weighted by Gasteiger charge is 2.46.